The van der Waals surface area contributed by atoms with Crippen LogP contribution in [0.25, 0.3) is 0 Å². The van der Waals surface area contributed by atoms with Crippen LogP contribution in [0.1, 0.15) is 84.0 Å². The first-order valence-electron chi connectivity index (χ1n) is 8.27. The summed E-state index contributed by atoms with van der Waals surface area (Å²) in [5.74, 6) is -0.921. The van der Waals surface area contributed by atoms with E-state index >= 15 is 0 Å². The van der Waals surface area contributed by atoms with Gasteiger partial charge in [0.2, 0.25) is 0 Å². The summed E-state index contributed by atoms with van der Waals surface area (Å²) in [5, 5.41) is 10.2. The number of carbonyl (C=O) groups excluding carboxylic acids is 1. The highest BCUT2D eigenvalue weighted by molar-refractivity contribution is 5.63. The summed E-state index contributed by atoms with van der Waals surface area (Å²) in [4.78, 5) is 10.2. The maximum atomic E-state index is 10.2. The average Bonchev–Trinajstić information content (AvgIpc) is 2.43. The van der Waals surface area contributed by atoms with Crippen LogP contribution in [0.2, 0.25) is 0 Å². The van der Waals surface area contributed by atoms with Crippen LogP contribution >= 0.6 is 0 Å². The summed E-state index contributed by atoms with van der Waals surface area (Å²) in [6.45, 7) is 2.23. The molecule has 0 bridgehead atoms. The minimum Gasteiger partial charge on any atom is -0.550 e. The first-order chi connectivity index (χ1) is 9.77. The molecule has 0 aromatic heterocycles. The fraction of sp³-hybridized carbons (Fsp3) is 0.722. The normalized spacial score (nSPS) is 11.1. The van der Waals surface area contributed by atoms with Crippen LogP contribution in [0.4, 0.5) is 0 Å². The average molecular weight is 297 g/mol. The summed E-state index contributed by atoms with van der Waals surface area (Å²) in [7, 11) is 0. The third-order valence-electron chi connectivity index (χ3n) is 3.33. The number of carbonyl (C=O) groups is 1. The second-order valence-electron chi connectivity index (χ2n) is 5.35. The molecule has 0 aliphatic heterocycles. The van der Waals surface area contributed by atoms with E-state index < -0.39 is 5.97 Å². The van der Waals surface area contributed by atoms with Gasteiger partial charge in [-0.25, -0.2) is 0 Å². The minimum atomic E-state index is -0.921. The molecule has 21 heavy (non-hydrogen) atoms. The first kappa shape index (κ1) is 22.2. The van der Waals surface area contributed by atoms with Crippen molar-refractivity contribution in [3.05, 3.63) is 24.3 Å². The monoisotopic (exact) mass is 297 g/mol. The van der Waals surface area contributed by atoms with E-state index in [0.717, 1.165) is 32.1 Å². The lowest BCUT2D eigenvalue weighted by molar-refractivity contribution is -0.305. The summed E-state index contributed by atoms with van der Waals surface area (Å²) in [6, 6.07) is 0. The number of allylic oxidation sites excluding steroid dienone is 4. The van der Waals surface area contributed by atoms with Gasteiger partial charge in [-0.1, -0.05) is 63.3 Å². The van der Waals surface area contributed by atoms with Gasteiger partial charge in [0.1, 0.15) is 0 Å². The van der Waals surface area contributed by atoms with Crippen LogP contribution in [0.5, 0.6) is 0 Å². The highest BCUT2D eigenvalue weighted by Crippen LogP contribution is 2.07. The molecular formula is C18H35NO2. The Morgan fingerprint density at radius 3 is 1.90 bits per heavy atom. The summed E-state index contributed by atoms with van der Waals surface area (Å²) >= 11 is 0. The zero-order chi connectivity index (χ0) is 14.9. The predicted octanol–water partition coefficient (Wildman–Crippen LogP) is 4.93. The van der Waals surface area contributed by atoms with Crippen molar-refractivity contribution in [2.75, 3.05) is 0 Å². The molecule has 0 aliphatic carbocycles. The molecule has 3 heteroatoms. The third-order valence-corrected chi connectivity index (χ3v) is 3.33. The van der Waals surface area contributed by atoms with E-state index in [2.05, 4.69) is 31.2 Å². The molecule has 0 atom stereocenters. The SMILES string of the molecule is CCCCC/C=C/C/C=C/CCCCCCCC(=O)[O-].[NH4+]. The zero-order valence-corrected chi connectivity index (χ0v) is 14.1. The molecular weight excluding hydrogens is 262 g/mol. The lowest BCUT2D eigenvalue weighted by Gasteiger charge is -2.01. The standard InChI is InChI=1S/C18H32O2.H3N/c1-2-3-4-5-6-7-8-9-10-11-12-13-14-15-16-17-18(19)20;/h6-7,9-10H,2-5,8,11-17H2,1H3,(H,19,20);1H3/b7-6+,10-9+;. The third kappa shape index (κ3) is 21.4. The van der Waals surface area contributed by atoms with Crippen molar-refractivity contribution in [2.24, 2.45) is 0 Å². The molecule has 3 nitrogen and oxygen atoms in total. The Hall–Kier alpha value is -1.09. The van der Waals surface area contributed by atoms with Gasteiger partial charge in [-0.05, 0) is 44.9 Å². The van der Waals surface area contributed by atoms with E-state index in [4.69, 9.17) is 0 Å². The number of hydrogen-bond donors (Lipinski definition) is 1. The van der Waals surface area contributed by atoms with Crippen LogP contribution in [-0.2, 0) is 4.79 Å². The largest absolute Gasteiger partial charge is 0.550 e. The second kappa shape index (κ2) is 18.9. The molecule has 124 valence electrons. The maximum absolute atomic E-state index is 10.2. The number of rotatable bonds is 14. The van der Waals surface area contributed by atoms with Crippen LogP contribution in [-0.4, -0.2) is 5.97 Å². The molecule has 0 aromatic carbocycles. The Bertz CT molecular complexity index is 272. The Kier molecular flexibility index (Phi) is 20.0. The number of unbranched alkanes of at least 4 members (excludes halogenated alkanes) is 8. The fourth-order valence-electron chi connectivity index (χ4n) is 2.08. The molecule has 0 unspecified atom stereocenters. The molecule has 0 fully saturated rings. The fourth-order valence-corrected chi connectivity index (χ4v) is 2.08. The van der Waals surface area contributed by atoms with E-state index in [1.165, 1.54) is 38.5 Å². The van der Waals surface area contributed by atoms with Gasteiger partial charge in [0.05, 0.1) is 0 Å². The van der Waals surface area contributed by atoms with Gasteiger partial charge in [0.25, 0.3) is 0 Å². The second-order valence-corrected chi connectivity index (χ2v) is 5.35. The topological polar surface area (TPSA) is 76.6 Å². The number of hydrogen-bond acceptors (Lipinski definition) is 2. The van der Waals surface area contributed by atoms with Gasteiger partial charge in [-0.3, -0.25) is 0 Å². The summed E-state index contributed by atoms with van der Waals surface area (Å²) < 4.78 is 0. The van der Waals surface area contributed by atoms with Gasteiger partial charge in [-0.15, -0.1) is 0 Å². The number of carboxylic acids is 1. The molecule has 0 aromatic rings. The molecule has 0 heterocycles. The molecule has 0 saturated heterocycles. The van der Waals surface area contributed by atoms with Gasteiger partial charge in [0.15, 0.2) is 0 Å². The molecule has 0 aliphatic rings. The summed E-state index contributed by atoms with van der Waals surface area (Å²) in [6.07, 6.45) is 21.9. The van der Waals surface area contributed by atoms with E-state index in [1.807, 2.05) is 0 Å². The Morgan fingerprint density at radius 1 is 0.810 bits per heavy atom. The van der Waals surface area contributed by atoms with Crippen molar-refractivity contribution in [2.45, 2.75) is 84.0 Å². The lowest BCUT2D eigenvalue weighted by Crippen LogP contribution is -2.21. The Morgan fingerprint density at radius 2 is 1.33 bits per heavy atom. The molecule has 0 spiro atoms. The molecule has 4 N–H and O–H groups in total. The van der Waals surface area contributed by atoms with Gasteiger partial charge >= 0.3 is 0 Å². The van der Waals surface area contributed by atoms with Gasteiger partial charge in [-0.2, -0.15) is 0 Å². The van der Waals surface area contributed by atoms with E-state index in [-0.39, 0.29) is 12.6 Å². The minimum absolute atomic E-state index is 0. The number of quaternary nitrogens is 1. The quantitative estimate of drug-likeness (QED) is 0.364. The van der Waals surface area contributed by atoms with Gasteiger partial charge in [0, 0.05) is 5.97 Å². The van der Waals surface area contributed by atoms with Crippen LogP contribution < -0.4 is 11.3 Å². The highest BCUT2D eigenvalue weighted by atomic mass is 16.4. The number of carboxylic acid groups (broad SMARTS) is 1. The number of aliphatic carboxylic acids is 1. The lowest BCUT2D eigenvalue weighted by atomic mass is 10.1. The van der Waals surface area contributed by atoms with Crippen LogP contribution in [0.15, 0.2) is 24.3 Å². The first-order valence-corrected chi connectivity index (χ1v) is 8.27. The van der Waals surface area contributed by atoms with Gasteiger partial charge < -0.3 is 16.1 Å². The Labute approximate surface area is 131 Å². The van der Waals surface area contributed by atoms with Crippen molar-refractivity contribution >= 4 is 5.97 Å². The summed E-state index contributed by atoms with van der Waals surface area (Å²) in [5.41, 5.74) is 0. The van der Waals surface area contributed by atoms with E-state index in [9.17, 15) is 9.90 Å². The highest BCUT2D eigenvalue weighted by Gasteiger charge is 1.90. The van der Waals surface area contributed by atoms with Crippen molar-refractivity contribution < 1.29 is 9.90 Å². The van der Waals surface area contributed by atoms with Crippen molar-refractivity contribution in [3.8, 4) is 0 Å². The van der Waals surface area contributed by atoms with Crippen molar-refractivity contribution in [3.63, 3.8) is 0 Å². The zero-order valence-electron chi connectivity index (χ0n) is 14.1. The van der Waals surface area contributed by atoms with E-state index in [0.29, 0.717) is 0 Å². The molecule has 0 saturated carbocycles. The molecule has 0 amide bonds. The van der Waals surface area contributed by atoms with Crippen molar-refractivity contribution in [1.82, 2.24) is 6.15 Å². The predicted molar refractivity (Wildman–Crippen MR) is 90.3 cm³/mol. The molecule has 0 rings (SSSR count). The van der Waals surface area contributed by atoms with Crippen LogP contribution in [0, 0.1) is 0 Å². The van der Waals surface area contributed by atoms with Crippen LogP contribution in [0.3, 0.4) is 0 Å². The maximum Gasteiger partial charge on any atom is 0.0414 e. The smallest absolute Gasteiger partial charge is 0.0414 e. The Balaban J connectivity index is 0. The van der Waals surface area contributed by atoms with Crippen molar-refractivity contribution in [1.29, 1.82) is 0 Å². The molecule has 0 radical (unpaired) electrons. The van der Waals surface area contributed by atoms with E-state index in [1.54, 1.807) is 0 Å².